The summed E-state index contributed by atoms with van der Waals surface area (Å²) in [5, 5.41) is 9.26. The predicted molar refractivity (Wildman–Crippen MR) is 111 cm³/mol. The molecule has 0 aliphatic carbocycles. The van der Waals surface area contributed by atoms with Crippen LogP contribution in [-0.2, 0) is 23.2 Å². The lowest BCUT2D eigenvalue weighted by molar-refractivity contribution is -0.171. The van der Waals surface area contributed by atoms with Crippen molar-refractivity contribution in [1.82, 2.24) is 0 Å². The van der Waals surface area contributed by atoms with E-state index in [0.717, 1.165) is 12.8 Å². The molecule has 1 unspecified atom stereocenters. The summed E-state index contributed by atoms with van der Waals surface area (Å²) in [6, 6.07) is 5.72. The Morgan fingerprint density at radius 2 is 1.81 bits per heavy atom. The van der Waals surface area contributed by atoms with Crippen molar-refractivity contribution in [2.75, 3.05) is 19.8 Å². The van der Waals surface area contributed by atoms with Crippen LogP contribution >= 0.6 is 30.4 Å². The fourth-order valence-electron chi connectivity index (χ4n) is 1.93. The zero-order chi connectivity index (χ0) is 20.3. The number of hydrogen-bond donors (Lipinski definition) is 1. The van der Waals surface area contributed by atoms with Crippen LogP contribution in [0, 0.1) is 0 Å². The number of unbranched alkanes of at least 4 members (excludes halogenated alkanes) is 1. The first-order valence-corrected chi connectivity index (χ1v) is 11.7. The molecule has 1 rings (SSSR count). The first-order valence-electron chi connectivity index (χ1n) is 8.46. The molecule has 1 aromatic carbocycles. The molecule has 0 bridgehead atoms. The lowest BCUT2D eigenvalue weighted by atomic mass is 10.0. The largest absolute Gasteiger partial charge is 0.508 e. The molecule has 0 aliphatic heterocycles. The van der Waals surface area contributed by atoms with Gasteiger partial charge in [-0.05, 0) is 57.9 Å². The van der Waals surface area contributed by atoms with E-state index in [2.05, 4.69) is 21.2 Å². The maximum absolute atomic E-state index is 12.1. The molecule has 0 fully saturated rings. The molecule has 9 heteroatoms. The van der Waals surface area contributed by atoms with Gasteiger partial charge < -0.3 is 23.5 Å². The second-order valence-electron chi connectivity index (χ2n) is 6.32. The number of phenols is 1. The second kappa shape index (κ2) is 12.4. The van der Waals surface area contributed by atoms with Crippen molar-refractivity contribution in [2.24, 2.45) is 0 Å². The van der Waals surface area contributed by atoms with E-state index in [1.54, 1.807) is 20.8 Å². The second-order valence-corrected chi connectivity index (χ2v) is 7.76. The highest BCUT2D eigenvalue weighted by molar-refractivity contribution is 14.2. The molecule has 1 N–H and O–H groups in total. The van der Waals surface area contributed by atoms with E-state index in [9.17, 15) is 14.7 Å². The molecule has 152 valence electrons. The SMILES string of the molecule is CC(OC(=O)c1ccc(O)cc1)C(C)(C)OC(=O)COCCCCOSI. The lowest BCUT2D eigenvalue weighted by Crippen LogP contribution is -2.42. The number of phenolic OH excluding ortho intramolecular Hbond substituents is 1. The Balaban J connectivity index is 2.36. The molecule has 7 nitrogen and oxygen atoms in total. The van der Waals surface area contributed by atoms with E-state index < -0.39 is 23.6 Å². The molecule has 1 atom stereocenters. The standard InChI is InChI=1S/C18H25IO7S/c1-13(25-17(22)14-6-8-15(20)9-7-14)18(2,3)26-16(21)12-23-10-4-5-11-24-27-19/h6-9,13,20H,4-5,10-12H2,1-3H3. The van der Waals surface area contributed by atoms with Gasteiger partial charge in [-0.3, -0.25) is 0 Å². The van der Waals surface area contributed by atoms with Crippen molar-refractivity contribution >= 4 is 42.4 Å². The van der Waals surface area contributed by atoms with Gasteiger partial charge in [-0.2, -0.15) is 0 Å². The van der Waals surface area contributed by atoms with Crippen molar-refractivity contribution in [2.45, 2.75) is 45.3 Å². The summed E-state index contributed by atoms with van der Waals surface area (Å²) in [6.07, 6.45) is 0.959. The highest BCUT2D eigenvalue weighted by Gasteiger charge is 2.33. The molecule has 0 radical (unpaired) electrons. The Labute approximate surface area is 175 Å². The average Bonchev–Trinajstić information content (AvgIpc) is 2.61. The number of aromatic hydroxyl groups is 1. The van der Waals surface area contributed by atoms with Gasteiger partial charge in [0.1, 0.15) is 24.1 Å². The highest BCUT2D eigenvalue weighted by Crippen LogP contribution is 2.20. The van der Waals surface area contributed by atoms with Crippen LogP contribution in [0.1, 0.15) is 44.0 Å². The Hall–Kier alpha value is -1.04. The molecule has 27 heavy (non-hydrogen) atoms. The van der Waals surface area contributed by atoms with E-state index >= 15 is 0 Å². The van der Waals surface area contributed by atoms with E-state index in [1.165, 1.54) is 33.5 Å². The number of hydrogen-bond acceptors (Lipinski definition) is 8. The smallest absolute Gasteiger partial charge is 0.338 e. The van der Waals surface area contributed by atoms with Gasteiger partial charge in [0.25, 0.3) is 0 Å². The Morgan fingerprint density at radius 1 is 1.19 bits per heavy atom. The summed E-state index contributed by atoms with van der Waals surface area (Å²) in [4.78, 5) is 24.1. The van der Waals surface area contributed by atoms with Gasteiger partial charge in [0.15, 0.2) is 0 Å². The molecular weight excluding hydrogens is 487 g/mol. The minimum absolute atomic E-state index is 0.0604. The number of halogens is 1. The van der Waals surface area contributed by atoms with Crippen LogP contribution in [0.4, 0.5) is 0 Å². The Morgan fingerprint density at radius 3 is 2.44 bits per heavy atom. The topological polar surface area (TPSA) is 91.3 Å². The molecule has 0 heterocycles. The van der Waals surface area contributed by atoms with E-state index in [4.69, 9.17) is 18.4 Å². The van der Waals surface area contributed by atoms with Crippen LogP contribution in [0.3, 0.4) is 0 Å². The zero-order valence-electron chi connectivity index (χ0n) is 15.6. The summed E-state index contributed by atoms with van der Waals surface area (Å²) in [5.74, 6) is -1.02. The number of rotatable bonds is 12. The molecule has 0 saturated heterocycles. The molecule has 0 amide bonds. The number of carbonyl (C=O) groups is 2. The Kier molecular flexibility index (Phi) is 11.0. The molecule has 0 aromatic heterocycles. The number of carbonyl (C=O) groups excluding carboxylic acids is 2. The highest BCUT2D eigenvalue weighted by atomic mass is 127. The van der Waals surface area contributed by atoms with Gasteiger partial charge >= 0.3 is 11.9 Å². The van der Waals surface area contributed by atoms with Gasteiger partial charge in [0.2, 0.25) is 0 Å². The molecule has 0 aliphatic rings. The molecule has 0 saturated carbocycles. The van der Waals surface area contributed by atoms with Gasteiger partial charge in [-0.25, -0.2) is 9.59 Å². The summed E-state index contributed by atoms with van der Waals surface area (Å²) in [7, 11) is 1.29. The lowest BCUT2D eigenvalue weighted by Gasteiger charge is -2.31. The van der Waals surface area contributed by atoms with E-state index in [1.807, 2.05) is 0 Å². The summed E-state index contributed by atoms with van der Waals surface area (Å²) in [5.41, 5.74) is -0.715. The fraction of sp³-hybridized carbons (Fsp3) is 0.556. The van der Waals surface area contributed by atoms with Crippen molar-refractivity contribution in [3.63, 3.8) is 0 Å². The van der Waals surface area contributed by atoms with Crippen LogP contribution in [0.15, 0.2) is 24.3 Å². The number of benzene rings is 1. The third-order valence-corrected chi connectivity index (χ3v) is 4.79. The molecule has 1 aromatic rings. The molecule has 0 spiro atoms. The van der Waals surface area contributed by atoms with Crippen LogP contribution < -0.4 is 0 Å². The van der Waals surface area contributed by atoms with Crippen molar-refractivity contribution in [3.8, 4) is 5.75 Å². The van der Waals surface area contributed by atoms with Gasteiger partial charge in [-0.15, -0.1) is 0 Å². The third kappa shape index (κ3) is 9.63. The quantitative estimate of drug-likeness (QED) is 0.194. The first kappa shape index (κ1) is 24.0. The van der Waals surface area contributed by atoms with E-state index in [0.29, 0.717) is 18.8 Å². The number of ether oxygens (including phenoxy) is 3. The number of esters is 2. The van der Waals surface area contributed by atoms with Gasteiger partial charge in [0.05, 0.1) is 21.4 Å². The van der Waals surface area contributed by atoms with Crippen LogP contribution in [0.25, 0.3) is 0 Å². The Bertz CT molecular complexity index is 592. The van der Waals surface area contributed by atoms with Crippen molar-refractivity contribution in [1.29, 1.82) is 0 Å². The van der Waals surface area contributed by atoms with Crippen LogP contribution in [-0.4, -0.2) is 48.6 Å². The van der Waals surface area contributed by atoms with Crippen LogP contribution in [0.2, 0.25) is 0 Å². The minimum atomic E-state index is -1.02. The predicted octanol–water partition coefficient (Wildman–Crippen LogP) is 4.07. The van der Waals surface area contributed by atoms with Gasteiger partial charge in [-0.1, -0.05) is 0 Å². The zero-order valence-corrected chi connectivity index (χ0v) is 18.6. The van der Waals surface area contributed by atoms with Crippen LogP contribution in [0.5, 0.6) is 5.75 Å². The molecular formula is C18H25IO7S. The summed E-state index contributed by atoms with van der Waals surface area (Å²) >= 11 is 2.05. The maximum Gasteiger partial charge on any atom is 0.338 e. The van der Waals surface area contributed by atoms with Crippen molar-refractivity contribution < 1.29 is 33.1 Å². The monoisotopic (exact) mass is 512 g/mol. The summed E-state index contributed by atoms with van der Waals surface area (Å²) < 4.78 is 21.2. The average molecular weight is 512 g/mol. The first-order chi connectivity index (χ1) is 12.8. The third-order valence-electron chi connectivity index (χ3n) is 3.77. The van der Waals surface area contributed by atoms with Crippen molar-refractivity contribution in [3.05, 3.63) is 29.8 Å². The van der Waals surface area contributed by atoms with Gasteiger partial charge in [0, 0.05) is 27.8 Å². The summed E-state index contributed by atoms with van der Waals surface area (Å²) in [6.45, 7) is 5.90. The fourth-order valence-corrected chi connectivity index (χ4v) is 2.65. The minimum Gasteiger partial charge on any atom is -0.508 e. The maximum atomic E-state index is 12.1. The van der Waals surface area contributed by atoms with E-state index in [-0.39, 0.29) is 12.4 Å². The normalized spacial score (nSPS) is 12.4.